The number of rotatable bonds is 6. The van der Waals surface area contributed by atoms with Gasteiger partial charge < -0.3 is 14.3 Å². The van der Waals surface area contributed by atoms with Crippen LogP contribution in [0, 0.1) is 0 Å². The first kappa shape index (κ1) is 14.5. The van der Waals surface area contributed by atoms with Gasteiger partial charge in [-0.3, -0.25) is 0 Å². The number of ether oxygens (including phenoxy) is 2. The lowest BCUT2D eigenvalue weighted by Gasteiger charge is -2.23. The molecule has 1 aromatic rings. The van der Waals surface area contributed by atoms with Crippen LogP contribution >= 0.6 is 11.8 Å². The number of hydrogen-bond donors (Lipinski definition) is 1. The Kier molecular flexibility index (Phi) is 5.82. The zero-order chi connectivity index (χ0) is 13.5. The normalized spacial score (nSPS) is 19.2. The van der Waals surface area contributed by atoms with Crippen LogP contribution in [0.3, 0.4) is 0 Å². The van der Waals surface area contributed by atoms with Crippen LogP contribution in [0.5, 0.6) is 11.5 Å². The summed E-state index contributed by atoms with van der Waals surface area (Å²) < 4.78 is 11.4. The number of nitrogens with one attached hydrogen (secondary N) is 1. The SMILES string of the molecule is CONCc1ccc(OC2CCCSC2)c(OC)c1. The van der Waals surface area contributed by atoms with Gasteiger partial charge in [-0.1, -0.05) is 6.07 Å². The zero-order valence-electron chi connectivity index (χ0n) is 11.5. The standard InChI is InChI=1S/C14H21NO3S/c1-16-14-8-11(9-15-17-2)5-6-13(14)18-12-4-3-7-19-10-12/h5-6,8,12,15H,3-4,7,9-10H2,1-2H3. The maximum absolute atomic E-state index is 6.04. The molecular formula is C14H21NO3S. The molecule has 0 saturated carbocycles. The summed E-state index contributed by atoms with van der Waals surface area (Å²) in [6, 6.07) is 5.99. The van der Waals surface area contributed by atoms with Crippen molar-refractivity contribution >= 4 is 11.8 Å². The zero-order valence-corrected chi connectivity index (χ0v) is 12.3. The van der Waals surface area contributed by atoms with E-state index in [0.29, 0.717) is 12.6 Å². The van der Waals surface area contributed by atoms with Gasteiger partial charge in [0.05, 0.1) is 14.2 Å². The van der Waals surface area contributed by atoms with Crippen molar-refractivity contribution in [3.63, 3.8) is 0 Å². The average Bonchev–Trinajstić information content (AvgIpc) is 2.47. The average molecular weight is 283 g/mol. The van der Waals surface area contributed by atoms with E-state index in [0.717, 1.165) is 29.2 Å². The molecule has 1 saturated heterocycles. The Morgan fingerprint density at radius 1 is 1.32 bits per heavy atom. The summed E-state index contributed by atoms with van der Waals surface area (Å²) in [5.41, 5.74) is 3.92. The van der Waals surface area contributed by atoms with E-state index in [1.807, 2.05) is 30.0 Å². The number of thioether (sulfide) groups is 1. The molecule has 19 heavy (non-hydrogen) atoms. The largest absolute Gasteiger partial charge is 0.493 e. The molecule has 1 heterocycles. The van der Waals surface area contributed by atoms with Gasteiger partial charge in [0.2, 0.25) is 0 Å². The van der Waals surface area contributed by atoms with Gasteiger partial charge in [-0.05, 0) is 36.3 Å². The summed E-state index contributed by atoms with van der Waals surface area (Å²) >= 11 is 1.96. The first-order valence-corrected chi connectivity index (χ1v) is 7.66. The third-order valence-corrected chi connectivity index (χ3v) is 4.25. The Bertz CT molecular complexity index is 394. The number of benzene rings is 1. The van der Waals surface area contributed by atoms with Gasteiger partial charge in [0.25, 0.3) is 0 Å². The summed E-state index contributed by atoms with van der Waals surface area (Å²) in [5, 5.41) is 0. The minimum absolute atomic E-state index is 0.301. The lowest BCUT2D eigenvalue weighted by Crippen LogP contribution is -2.23. The minimum atomic E-state index is 0.301. The molecule has 1 atom stereocenters. The van der Waals surface area contributed by atoms with Crippen molar-refractivity contribution in [2.75, 3.05) is 25.7 Å². The van der Waals surface area contributed by atoms with Crippen molar-refractivity contribution in [2.45, 2.75) is 25.5 Å². The van der Waals surface area contributed by atoms with Crippen LogP contribution in [0.1, 0.15) is 18.4 Å². The van der Waals surface area contributed by atoms with Crippen LogP contribution in [0.2, 0.25) is 0 Å². The second kappa shape index (κ2) is 7.62. The summed E-state index contributed by atoms with van der Waals surface area (Å²) in [7, 11) is 3.28. The van der Waals surface area contributed by atoms with Crippen LogP contribution in [0.4, 0.5) is 0 Å². The van der Waals surface area contributed by atoms with Gasteiger partial charge in [-0.25, -0.2) is 0 Å². The van der Waals surface area contributed by atoms with Crippen molar-refractivity contribution < 1.29 is 14.3 Å². The molecule has 0 aromatic heterocycles. The van der Waals surface area contributed by atoms with E-state index >= 15 is 0 Å². The Morgan fingerprint density at radius 3 is 2.89 bits per heavy atom. The van der Waals surface area contributed by atoms with Crippen LogP contribution in [-0.4, -0.2) is 31.8 Å². The van der Waals surface area contributed by atoms with Gasteiger partial charge in [0.15, 0.2) is 11.5 Å². The van der Waals surface area contributed by atoms with Crippen molar-refractivity contribution in [3.8, 4) is 11.5 Å². The quantitative estimate of drug-likeness (QED) is 0.813. The molecule has 1 N–H and O–H groups in total. The Hall–Kier alpha value is -0.910. The van der Waals surface area contributed by atoms with Gasteiger partial charge >= 0.3 is 0 Å². The Balaban J connectivity index is 2.02. The highest BCUT2D eigenvalue weighted by molar-refractivity contribution is 7.99. The van der Waals surface area contributed by atoms with E-state index in [4.69, 9.17) is 14.3 Å². The predicted octanol–water partition coefficient (Wildman–Crippen LogP) is 2.62. The summed E-state index contributed by atoms with van der Waals surface area (Å²) in [6.07, 6.45) is 2.66. The Labute approximate surface area is 118 Å². The summed E-state index contributed by atoms with van der Waals surface area (Å²) in [6.45, 7) is 0.645. The molecule has 1 aromatic carbocycles. The molecule has 0 amide bonds. The van der Waals surface area contributed by atoms with Crippen molar-refractivity contribution in [3.05, 3.63) is 23.8 Å². The Morgan fingerprint density at radius 2 is 2.21 bits per heavy atom. The van der Waals surface area contributed by atoms with Crippen LogP contribution in [-0.2, 0) is 11.4 Å². The third-order valence-electron chi connectivity index (χ3n) is 3.06. The summed E-state index contributed by atoms with van der Waals surface area (Å²) in [5.74, 6) is 3.93. The third kappa shape index (κ3) is 4.30. The molecule has 0 spiro atoms. The van der Waals surface area contributed by atoms with Gasteiger partial charge in [-0.2, -0.15) is 17.2 Å². The van der Waals surface area contributed by atoms with E-state index in [2.05, 4.69) is 5.48 Å². The number of methoxy groups -OCH3 is 1. The highest BCUT2D eigenvalue weighted by Crippen LogP contribution is 2.31. The predicted molar refractivity (Wildman–Crippen MR) is 77.8 cm³/mol. The van der Waals surface area contributed by atoms with Crippen LogP contribution in [0.25, 0.3) is 0 Å². The minimum Gasteiger partial charge on any atom is -0.493 e. The monoisotopic (exact) mass is 283 g/mol. The van der Waals surface area contributed by atoms with Gasteiger partial charge in [0, 0.05) is 12.3 Å². The first-order valence-electron chi connectivity index (χ1n) is 6.50. The van der Waals surface area contributed by atoms with E-state index in [9.17, 15) is 0 Å². The second-order valence-corrected chi connectivity index (χ2v) is 5.62. The lowest BCUT2D eigenvalue weighted by molar-refractivity contribution is 0.0866. The maximum Gasteiger partial charge on any atom is 0.161 e. The topological polar surface area (TPSA) is 39.7 Å². The second-order valence-electron chi connectivity index (χ2n) is 4.47. The highest BCUT2D eigenvalue weighted by atomic mass is 32.2. The van der Waals surface area contributed by atoms with E-state index in [-0.39, 0.29) is 0 Å². The molecule has 1 unspecified atom stereocenters. The fraction of sp³-hybridized carbons (Fsp3) is 0.571. The van der Waals surface area contributed by atoms with E-state index < -0.39 is 0 Å². The fourth-order valence-electron chi connectivity index (χ4n) is 2.06. The molecule has 0 bridgehead atoms. The molecule has 0 aliphatic carbocycles. The smallest absolute Gasteiger partial charge is 0.161 e. The highest BCUT2D eigenvalue weighted by Gasteiger charge is 2.17. The number of hydrogen-bond acceptors (Lipinski definition) is 5. The van der Waals surface area contributed by atoms with E-state index in [1.54, 1.807) is 14.2 Å². The van der Waals surface area contributed by atoms with Crippen molar-refractivity contribution in [1.82, 2.24) is 5.48 Å². The fourth-order valence-corrected chi connectivity index (χ4v) is 3.09. The molecule has 1 fully saturated rings. The molecule has 2 rings (SSSR count). The molecule has 0 radical (unpaired) electrons. The maximum atomic E-state index is 6.04. The lowest BCUT2D eigenvalue weighted by atomic mass is 10.2. The van der Waals surface area contributed by atoms with Gasteiger partial charge in [0.1, 0.15) is 6.10 Å². The van der Waals surface area contributed by atoms with Crippen molar-refractivity contribution in [2.24, 2.45) is 0 Å². The molecule has 106 valence electrons. The van der Waals surface area contributed by atoms with Crippen molar-refractivity contribution in [1.29, 1.82) is 0 Å². The first-order chi connectivity index (χ1) is 9.33. The van der Waals surface area contributed by atoms with Crippen LogP contribution < -0.4 is 15.0 Å². The molecular weight excluding hydrogens is 262 g/mol. The number of hydroxylamine groups is 1. The summed E-state index contributed by atoms with van der Waals surface area (Å²) in [4.78, 5) is 4.85. The van der Waals surface area contributed by atoms with Gasteiger partial charge in [-0.15, -0.1) is 0 Å². The molecule has 1 aliphatic rings. The molecule has 4 nitrogen and oxygen atoms in total. The molecule has 5 heteroatoms. The molecule has 1 aliphatic heterocycles. The van der Waals surface area contributed by atoms with Crippen LogP contribution in [0.15, 0.2) is 18.2 Å². The van der Waals surface area contributed by atoms with E-state index in [1.165, 1.54) is 12.2 Å².